The molecule has 1 aliphatic rings. The number of methoxy groups -OCH3 is 1. The molecule has 28 heavy (non-hydrogen) atoms. The number of benzene rings is 1. The van der Waals surface area contributed by atoms with E-state index in [2.05, 4.69) is 60.6 Å². The molecule has 0 amide bonds. The van der Waals surface area contributed by atoms with Crippen LogP contribution in [-0.4, -0.2) is 63.4 Å². The monoisotopic (exact) mass is 504 g/mol. The number of hydrogen-bond donors (Lipinski definition) is 2. The maximum absolute atomic E-state index is 5.50. The van der Waals surface area contributed by atoms with Crippen molar-refractivity contribution in [1.82, 2.24) is 15.5 Å². The quantitative estimate of drug-likeness (QED) is 0.308. The molecule has 1 fully saturated rings. The number of aliphatic imine (C=N–C) groups is 1. The number of halogens is 1. The van der Waals surface area contributed by atoms with Crippen molar-refractivity contribution >= 4 is 29.9 Å². The van der Waals surface area contributed by atoms with Crippen molar-refractivity contribution in [2.75, 3.05) is 46.5 Å². The zero-order valence-corrected chi connectivity index (χ0v) is 20.1. The van der Waals surface area contributed by atoms with Crippen molar-refractivity contribution in [3.8, 4) is 0 Å². The standard InChI is InChI=1S/C21H36N4O2.HI/c1-5-22-21(23-14-18-7-6-8-19(13-18)16-26-4)24-15-20(17(2)3)25-9-11-27-12-10-25;/h6-8,13,17,20H,5,9-12,14-16H2,1-4H3,(H2,22,23,24);1H. The van der Waals surface area contributed by atoms with Crippen LogP contribution >= 0.6 is 24.0 Å². The first-order chi connectivity index (χ1) is 13.1. The molecule has 1 atom stereocenters. The summed E-state index contributed by atoms with van der Waals surface area (Å²) in [6.45, 7) is 13.3. The lowest BCUT2D eigenvalue weighted by Crippen LogP contribution is -2.52. The number of guanidine groups is 1. The molecule has 2 N–H and O–H groups in total. The number of ether oxygens (including phenoxy) is 2. The van der Waals surface area contributed by atoms with Crippen molar-refractivity contribution < 1.29 is 9.47 Å². The summed E-state index contributed by atoms with van der Waals surface area (Å²) in [7, 11) is 1.72. The van der Waals surface area contributed by atoms with Crippen molar-refractivity contribution in [3.05, 3.63) is 35.4 Å². The minimum absolute atomic E-state index is 0. The third-order valence-corrected chi connectivity index (χ3v) is 4.83. The van der Waals surface area contributed by atoms with Crippen molar-refractivity contribution in [3.63, 3.8) is 0 Å². The summed E-state index contributed by atoms with van der Waals surface area (Å²) in [6.07, 6.45) is 0. The van der Waals surface area contributed by atoms with Gasteiger partial charge in [-0.2, -0.15) is 0 Å². The van der Waals surface area contributed by atoms with Crippen LogP contribution in [0.2, 0.25) is 0 Å². The van der Waals surface area contributed by atoms with Gasteiger partial charge in [-0.1, -0.05) is 38.1 Å². The molecule has 0 aliphatic carbocycles. The largest absolute Gasteiger partial charge is 0.380 e. The highest BCUT2D eigenvalue weighted by atomic mass is 127. The van der Waals surface area contributed by atoms with Gasteiger partial charge in [-0.3, -0.25) is 4.90 Å². The smallest absolute Gasteiger partial charge is 0.191 e. The van der Waals surface area contributed by atoms with Crippen LogP contribution in [0.15, 0.2) is 29.3 Å². The van der Waals surface area contributed by atoms with E-state index >= 15 is 0 Å². The molecule has 0 aromatic heterocycles. The van der Waals surface area contributed by atoms with Crippen LogP contribution in [0.4, 0.5) is 0 Å². The molecule has 1 unspecified atom stereocenters. The molecule has 0 bridgehead atoms. The topological polar surface area (TPSA) is 58.1 Å². The maximum Gasteiger partial charge on any atom is 0.191 e. The van der Waals surface area contributed by atoms with E-state index in [9.17, 15) is 0 Å². The predicted octanol–water partition coefficient (Wildman–Crippen LogP) is 2.86. The molecule has 1 saturated heterocycles. The fourth-order valence-electron chi connectivity index (χ4n) is 3.39. The number of nitrogens with zero attached hydrogens (tertiary/aromatic N) is 2. The van der Waals surface area contributed by atoms with E-state index in [0.717, 1.165) is 45.4 Å². The fraction of sp³-hybridized carbons (Fsp3) is 0.667. The Morgan fingerprint density at radius 2 is 1.93 bits per heavy atom. The lowest BCUT2D eigenvalue weighted by Gasteiger charge is -2.37. The van der Waals surface area contributed by atoms with Crippen LogP contribution in [-0.2, 0) is 22.6 Å². The molecule has 0 saturated carbocycles. The average molecular weight is 504 g/mol. The third-order valence-electron chi connectivity index (χ3n) is 4.83. The molecule has 1 heterocycles. The maximum atomic E-state index is 5.50. The van der Waals surface area contributed by atoms with Gasteiger partial charge >= 0.3 is 0 Å². The Kier molecular flexibility index (Phi) is 12.7. The Morgan fingerprint density at radius 1 is 1.21 bits per heavy atom. The fourth-order valence-corrected chi connectivity index (χ4v) is 3.39. The van der Waals surface area contributed by atoms with Crippen LogP contribution in [0, 0.1) is 5.92 Å². The summed E-state index contributed by atoms with van der Waals surface area (Å²) in [5.41, 5.74) is 2.37. The van der Waals surface area contributed by atoms with Crippen LogP contribution < -0.4 is 10.6 Å². The molecule has 7 heteroatoms. The van der Waals surface area contributed by atoms with Crippen molar-refractivity contribution in [2.45, 2.75) is 40.0 Å². The van der Waals surface area contributed by atoms with Gasteiger partial charge in [0.15, 0.2) is 5.96 Å². The zero-order valence-electron chi connectivity index (χ0n) is 17.7. The summed E-state index contributed by atoms with van der Waals surface area (Å²) in [5.74, 6) is 1.44. The van der Waals surface area contributed by atoms with Gasteiger partial charge in [-0.25, -0.2) is 4.99 Å². The second kappa shape index (κ2) is 14.1. The van der Waals surface area contributed by atoms with Crippen molar-refractivity contribution in [2.24, 2.45) is 10.9 Å². The summed E-state index contributed by atoms with van der Waals surface area (Å²) in [5, 5.41) is 6.90. The van der Waals surface area contributed by atoms with Gasteiger partial charge in [0.1, 0.15) is 0 Å². The van der Waals surface area contributed by atoms with E-state index in [4.69, 9.17) is 14.5 Å². The van der Waals surface area contributed by atoms with Gasteiger partial charge in [0, 0.05) is 39.3 Å². The predicted molar refractivity (Wildman–Crippen MR) is 126 cm³/mol. The van der Waals surface area contributed by atoms with Crippen LogP contribution in [0.25, 0.3) is 0 Å². The van der Waals surface area contributed by atoms with Gasteiger partial charge in [-0.15, -0.1) is 24.0 Å². The Hall–Kier alpha value is -0.900. The Morgan fingerprint density at radius 3 is 2.57 bits per heavy atom. The molecular formula is C21H37IN4O2. The van der Waals surface area contributed by atoms with Gasteiger partial charge in [-0.05, 0) is 24.0 Å². The number of rotatable bonds is 9. The van der Waals surface area contributed by atoms with E-state index in [1.807, 2.05) is 0 Å². The molecule has 1 aromatic carbocycles. The summed E-state index contributed by atoms with van der Waals surface area (Å²) in [6, 6.07) is 8.88. The van der Waals surface area contributed by atoms with E-state index in [-0.39, 0.29) is 24.0 Å². The highest BCUT2D eigenvalue weighted by Crippen LogP contribution is 2.12. The molecular weight excluding hydrogens is 467 g/mol. The Bertz CT molecular complexity index is 577. The lowest BCUT2D eigenvalue weighted by atomic mass is 10.0. The second-order valence-corrected chi connectivity index (χ2v) is 7.29. The first kappa shape index (κ1) is 25.1. The average Bonchev–Trinajstić information content (AvgIpc) is 2.67. The molecule has 0 spiro atoms. The first-order valence-corrected chi connectivity index (χ1v) is 10.0. The molecule has 1 aromatic rings. The summed E-state index contributed by atoms with van der Waals surface area (Å²) >= 11 is 0. The summed E-state index contributed by atoms with van der Waals surface area (Å²) in [4.78, 5) is 7.30. The van der Waals surface area contributed by atoms with Gasteiger partial charge < -0.3 is 20.1 Å². The second-order valence-electron chi connectivity index (χ2n) is 7.29. The number of hydrogen-bond acceptors (Lipinski definition) is 4. The van der Waals surface area contributed by atoms with Crippen LogP contribution in [0.3, 0.4) is 0 Å². The molecule has 6 nitrogen and oxygen atoms in total. The minimum atomic E-state index is 0. The number of morpholine rings is 1. The Balaban J connectivity index is 0.00000392. The van der Waals surface area contributed by atoms with E-state index in [1.54, 1.807) is 7.11 Å². The molecule has 1 aliphatic heterocycles. The zero-order chi connectivity index (χ0) is 19.5. The van der Waals surface area contributed by atoms with Crippen LogP contribution in [0.1, 0.15) is 31.9 Å². The molecule has 0 radical (unpaired) electrons. The highest BCUT2D eigenvalue weighted by Gasteiger charge is 2.23. The third kappa shape index (κ3) is 8.63. The van der Waals surface area contributed by atoms with E-state index in [0.29, 0.717) is 25.1 Å². The van der Waals surface area contributed by atoms with Gasteiger partial charge in [0.2, 0.25) is 0 Å². The normalized spacial score (nSPS) is 16.5. The molecule has 160 valence electrons. The van der Waals surface area contributed by atoms with E-state index in [1.165, 1.54) is 11.1 Å². The lowest BCUT2D eigenvalue weighted by molar-refractivity contribution is 0.00752. The first-order valence-electron chi connectivity index (χ1n) is 10.0. The van der Waals surface area contributed by atoms with Crippen LogP contribution in [0.5, 0.6) is 0 Å². The Labute approximate surface area is 187 Å². The summed E-state index contributed by atoms with van der Waals surface area (Å²) < 4.78 is 10.7. The molecule has 2 rings (SSSR count). The SMILES string of the molecule is CCNC(=NCc1cccc(COC)c1)NCC(C(C)C)N1CCOCC1.I. The van der Waals surface area contributed by atoms with Gasteiger partial charge in [0.05, 0.1) is 26.4 Å². The highest BCUT2D eigenvalue weighted by molar-refractivity contribution is 14.0. The van der Waals surface area contributed by atoms with E-state index < -0.39 is 0 Å². The number of nitrogens with one attached hydrogen (secondary N) is 2. The minimum Gasteiger partial charge on any atom is -0.380 e. The van der Waals surface area contributed by atoms with Crippen molar-refractivity contribution in [1.29, 1.82) is 0 Å². The van der Waals surface area contributed by atoms with Gasteiger partial charge in [0.25, 0.3) is 0 Å².